The van der Waals surface area contributed by atoms with Crippen molar-refractivity contribution in [3.05, 3.63) is 29.0 Å². The van der Waals surface area contributed by atoms with Gasteiger partial charge in [-0.3, -0.25) is 0 Å². The first kappa shape index (κ1) is 16.3. The zero-order chi connectivity index (χ0) is 14.5. The molecule has 1 aromatic carbocycles. The Morgan fingerprint density at radius 3 is 2.63 bits per heavy atom. The van der Waals surface area contributed by atoms with Gasteiger partial charge in [0, 0.05) is 11.6 Å². The molecule has 0 spiro atoms. The van der Waals surface area contributed by atoms with E-state index in [4.69, 9.17) is 16.3 Å². The monoisotopic (exact) mass is 287 g/mol. The maximum Gasteiger partial charge on any atom is 0.145 e. The molecule has 0 saturated heterocycles. The standard InChI is InChI=1S/C15H23ClFNO/c1-11(6-5-9-18-15(2,3)4)19-12-7-8-13(16)14(17)10-12/h7-8,10-11,18H,5-6,9H2,1-4H3. The second kappa shape index (κ2) is 7.11. The molecule has 0 aliphatic carbocycles. The summed E-state index contributed by atoms with van der Waals surface area (Å²) in [5.41, 5.74) is 0.142. The van der Waals surface area contributed by atoms with Gasteiger partial charge in [0.2, 0.25) is 0 Å². The normalized spacial score (nSPS) is 13.4. The summed E-state index contributed by atoms with van der Waals surface area (Å²) >= 11 is 5.62. The van der Waals surface area contributed by atoms with Crippen LogP contribution in [0.15, 0.2) is 18.2 Å². The number of benzene rings is 1. The van der Waals surface area contributed by atoms with E-state index in [2.05, 4.69) is 26.1 Å². The maximum atomic E-state index is 13.2. The highest BCUT2D eigenvalue weighted by atomic mass is 35.5. The van der Waals surface area contributed by atoms with Crippen LogP contribution >= 0.6 is 11.6 Å². The van der Waals surface area contributed by atoms with Crippen molar-refractivity contribution in [3.8, 4) is 5.75 Å². The molecule has 1 N–H and O–H groups in total. The third-order valence-corrected chi connectivity index (χ3v) is 2.98. The minimum atomic E-state index is -0.444. The molecular weight excluding hydrogens is 265 g/mol. The van der Waals surface area contributed by atoms with E-state index in [0.29, 0.717) is 5.75 Å². The SMILES string of the molecule is CC(CCCNC(C)(C)C)Oc1ccc(Cl)c(F)c1. The first-order valence-corrected chi connectivity index (χ1v) is 7.02. The third kappa shape index (κ3) is 6.79. The van der Waals surface area contributed by atoms with Crippen molar-refractivity contribution in [2.45, 2.75) is 52.2 Å². The zero-order valence-electron chi connectivity index (χ0n) is 12.1. The van der Waals surface area contributed by atoms with Gasteiger partial charge in [0.25, 0.3) is 0 Å². The summed E-state index contributed by atoms with van der Waals surface area (Å²) in [6, 6.07) is 4.53. The Bertz CT molecular complexity index is 404. The van der Waals surface area contributed by atoms with Crippen molar-refractivity contribution in [2.24, 2.45) is 0 Å². The number of hydrogen-bond acceptors (Lipinski definition) is 2. The van der Waals surface area contributed by atoms with E-state index in [-0.39, 0.29) is 16.7 Å². The van der Waals surface area contributed by atoms with Crippen LogP contribution < -0.4 is 10.1 Å². The molecule has 2 nitrogen and oxygen atoms in total. The molecule has 0 saturated carbocycles. The van der Waals surface area contributed by atoms with E-state index in [1.54, 1.807) is 6.07 Å². The summed E-state index contributed by atoms with van der Waals surface area (Å²) in [4.78, 5) is 0. The summed E-state index contributed by atoms with van der Waals surface area (Å²) < 4.78 is 18.9. The number of halogens is 2. The average Bonchev–Trinajstić information content (AvgIpc) is 2.28. The Hall–Kier alpha value is -0.800. The number of nitrogens with one attached hydrogen (secondary N) is 1. The van der Waals surface area contributed by atoms with Crippen LogP contribution in [0.1, 0.15) is 40.5 Å². The van der Waals surface area contributed by atoms with Gasteiger partial charge in [-0.05, 0) is 59.2 Å². The topological polar surface area (TPSA) is 21.3 Å². The highest BCUT2D eigenvalue weighted by Crippen LogP contribution is 2.21. The lowest BCUT2D eigenvalue weighted by Gasteiger charge is -2.21. The number of ether oxygens (including phenoxy) is 1. The lowest BCUT2D eigenvalue weighted by molar-refractivity contribution is 0.205. The van der Waals surface area contributed by atoms with Crippen molar-refractivity contribution in [1.29, 1.82) is 0 Å². The fourth-order valence-corrected chi connectivity index (χ4v) is 1.81. The second-order valence-corrected chi connectivity index (χ2v) is 6.23. The van der Waals surface area contributed by atoms with Crippen LogP contribution in [-0.2, 0) is 0 Å². The lowest BCUT2D eigenvalue weighted by Crippen LogP contribution is -2.36. The molecule has 4 heteroatoms. The first-order valence-electron chi connectivity index (χ1n) is 6.64. The molecule has 0 radical (unpaired) electrons. The number of rotatable bonds is 6. The van der Waals surface area contributed by atoms with Crippen LogP contribution in [0.25, 0.3) is 0 Å². The summed E-state index contributed by atoms with van der Waals surface area (Å²) in [6.45, 7) is 9.37. The van der Waals surface area contributed by atoms with Crippen molar-refractivity contribution < 1.29 is 9.13 Å². The van der Waals surface area contributed by atoms with Gasteiger partial charge in [-0.1, -0.05) is 11.6 Å². The van der Waals surface area contributed by atoms with Crippen molar-refractivity contribution >= 4 is 11.6 Å². The van der Waals surface area contributed by atoms with Crippen molar-refractivity contribution in [1.82, 2.24) is 5.32 Å². The molecule has 0 aliphatic heterocycles. The summed E-state index contributed by atoms with van der Waals surface area (Å²) in [7, 11) is 0. The molecule has 0 fully saturated rings. The third-order valence-electron chi connectivity index (χ3n) is 2.67. The van der Waals surface area contributed by atoms with Gasteiger partial charge in [-0.2, -0.15) is 0 Å². The predicted octanol–water partition coefficient (Wildman–Crippen LogP) is 4.41. The van der Waals surface area contributed by atoms with Gasteiger partial charge in [-0.15, -0.1) is 0 Å². The average molecular weight is 288 g/mol. The summed E-state index contributed by atoms with van der Waals surface area (Å²) in [5.74, 6) is 0.0824. The van der Waals surface area contributed by atoms with E-state index in [1.807, 2.05) is 6.92 Å². The molecule has 108 valence electrons. The largest absolute Gasteiger partial charge is 0.491 e. The van der Waals surface area contributed by atoms with Gasteiger partial charge in [0.05, 0.1) is 11.1 Å². The molecule has 1 aromatic rings. The fraction of sp³-hybridized carbons (Fsp3) is 0.600. The lowest BCUT2D eigenvalue weighted by atomic mass is 10.1. The molecule has 0 aliphatic rings. The quantitative estimate of drug-likeness (QED) is 0.782. The Morgan fingerprint density at radius 2 is 2.05 bits per heavy atom. The Morgan fingerprint density at radius 1 is 1.37 bits per heavy atom. The van der Waals surface area contributed by atoms with Gasteiger partial charge >= 0.3 is 0 Å². The molecular formula is C15H23ClFNO. The molecule has 1 rings (SSSR count). The Labute approximate surface area is 120 Å². The van der Waals surface area contributed by atoms with Crippen LogP contribution in [0.2, 0.25) is 5.02 Å². The highest BCUT2D eigenvalue weighted by molar-refractivity contribution is 6.30. The van der Waals surface area contributed by atoms with E-state index < -0.39 is 5.82 Å². The molecule has 1 unspecified atom stereocenters. The molecule has 0 aromatic heterocycles. The molecule has 19 heavy (non-hydrogen) atoms. The van der Waals surface area contributed by atoms with E-state index in [9.17, 15) is 4.39 Å². The van der Waals surface area contributed by atoms with Gasteiger partial charge in [0.1, 0.15) is 11.6 Å². The van der Waals surface area contributed by atoms with Gasteiger partial charge in [0.15, 0.2) is 0 Å². The van der Waals surface area contributed by atoms with Crippen molar-refractivity contribution in [3.63, 3.8) is 0 Å². The smallest absolute Gasteiger partial charge is 0.145 e. The molecule has 0 amide bonds. The second-order valence-electron chi connectivity index (χ2n) is 5.82. The predicted molar refractivity (Wildman–Crippen MR) is 78.5 cm³/mol. The maximum absolute atomic E-state index is 13.2. The van der Waals surface area contributed by atoms with Gasteiger partial charge < -0.3 is 10.1 Å². The van der Waals surface area contributed by atoms with Gasteiger partial charge in [-0.25, -0.2) is 4.39 Å². The summed E-state index contributed by atoms with van der Waals surface area (Å²) in [5, 5.41) is 3.54. The minimum Gasteiger partial charge on any atom is -0.491 e. The zero-order valence-corrected chi connectivity index (χ0v) is 12.9. The molecule has 1 atom stereocenters. The van der Waals surface area contributed by atoms with Crippen LogP contribution in [0.3, 0.4) is 0 Å². The molecule has 0 heterocycles. The Kier molecular flexibility index (Phi) is 6.08. The van der Waals surface area contributed by atoms with Crippen LogP contribution in [0, 0.1) is 5.82 Å². The van der Waals surface area contributed by atoms with Crippen LogP contribution in [0.4, 0.5) is 4.39 Å². The molecule has 0 bridgehead atoms. The van der Waals surface area contributed by atoms with Crippen LogP contribution in [0.5, 0.6) is 5.75 Å². The van der Waals surface area contributed by atoms with E-state index in [1.165, 1.54) is 12.1 Å². The summed E-state index contributed by atoms with van der Waals surface area (Å²) in [6.07, 6.45) is 2.00. The fourth-order valence-electron chi connectivity index (χ4n) is 1.69. The Balaban J connectivity index is 2.31. The van der Waals surface area contributed by atoms with Crippen molar-refractivity contribution in [2.75, 3.05) is 6.54 Å². The van der Waals surface area contributed by atoms with E-state index >= 15 is 0 Å². The number of hydrogen-bond donors (Lipinski definition) is 1. The first-order chi connectivity index (χ1) is 8.78. The van der Waals surface area contributed by atoms with E-state index in [0.717, 1.165) is 19.4 Å². The minimum absolute atomic E-state index is 0.0577. The highest BCUT2D eigenvalue weighted by Gasteiger charge is 2.09. The van der Waals surface area contributed by atoms with Crippen LogP contribution in [-0.4, -0.2) is 18.2 Å².